The molecule has 5 nitrogen and oxygen atoms in total. The standard InChI is InChI=1S/C15H17ClN4OS.ClH/c1-3-10(17)12-8(2)11-13(22-12)14(20-15(16)19-11)18-7-9-5-4-6-21-9;/h4-6,10H,3,7,17H2,1-2H3,(H,18,19,20);1H/t10-;/m0./s1. The number of nitrogens with one attached hydrogen (secondary N) is 1. The fourth-order valence-electron chi connectivity index (χ4n) is 2.32. The van der Waals surface area contributed by atoms with Crippen LogP contribution in [0.4, 0.5) is 5.82 Å². The summed E-state index contributed by atoms with van der Waals surface area (Å²) in [4.78, 5) is 9.81. The van der Waals surface area contributed by atoms with Gasteiger partial charge in [0.15, 0.2) is 0 Å². The van der Waals surface area contributed by atoms with Crippen LogP contribution in [0, 0.1) is 6.92 Å². The first-order chi connectivity index (χ1) is 10.6. The van der Waals surface area contributed by atoms with Crippen molar-refractivity contribution in [1.29, 1.82) is 0 Å². The number of aromatic nitrogens is 2. The fraction of sp³-hybridized carbons (Fsp3) is 0.333. The molecule has 0 saturated carbocycles. The van der Waals surface area contributed by atoms with Gasteiger partial charge in [-0.2, -0.15) is 4.98 Å². The van der Waals surface area contributed by atoms with Crippen LogP contribution in [0.3, 0.4) is 0 Å². The molecule has 0 aliphatic rings. The van der Waals surface area contributed by atoms with Crippen molar-refractivity contribution in [2.75, 3.05) is 5.32 Å². The smallest absolute Gasteiger partial charge is 0.224 e. The van der Waals surface area contributed by atoms with Crippen LogP contribution in [0.25, 0.3) is 10.2 Å². The van der Waals surface area contributed by atoms with Gasteiger partial charge < -0.3 is 15.5 Å². The van der Waals surface area contributed by atoms with Crippen molar-refractivity contribution in [1.82, 2.24) is 9.97 Å². The van der Waals surface area contributed by atoms with E-state index in [1.54, 1.807) is 17.6 Å². The Morgan fingerprint density at radius 1 is 1.43 bits per heavy atom. The third-order valence-electron chi connectivity index (χ3n) is 3.56. The topological polar surface area (TPSA) is 77.0 Å². The second-order valence-electron chi connectivity index (χ2n) is 5.06. The molecule has 3 aromatic rings. The Hall–Kier alpha value is -1.34. The van der Waals surface area contributed by atoms with Gasteiger partial charge in [0, 0.05) is 10.9 Å². The van der Waals surface area contributed by atoms with Crippen molar-refractivity contribution < 1.29 is 4.42 Å². The lowest BCUT2D eigenvalue weighted by atomic mass is 10.1. The predicted octanol–water partition coefficient (Wildman–Crippen LogP) is 4.69. The number of nitrogens with zero attached hydrogens (tertiary/aromatic N) is 2. The van der Waals surface area contributed by atoms with Gasteiger partial charge in [-0.3, -0.25) is 0 Å². The third-order valence-corrected chi connectivity index (χ3v) is 5.15. The van der Waals surface area contributed by atoms with Crippen molar-refractivity contribution >= 4 is 51.4 Å². The molecule has 3 heterocycles. The summed E-state index contributed by atoms with van der Waals surface area (Å²) in [7, 11) is 0. The molecule has 0 amide bonds. The molecule has 3 N–H and O–H groups in total. The summed E-state index contributed by atoms with van der Waals surface area (Å²) in [5.41, 5.74) is 8.14. The van der Waals surface area contributed by atoms with Gasteiger partial charge in [0.25, 0.3) is 0 Å². The maximum atomic E-state index is 6.19. The Kier molecular flexibility index (Phi) is 5.86. The number of rotatable bonds is 5. The third kappa shape index (κ3) is 3.61. The van der Waals surface area contributed by atoms with Gasteiger partial charge in [-0.1, -0.05) is 6.92 Å². The molecule has 0 spiro atoms. The first-order valence-corrected chi connectivity index (χ1v) is 8.28. The molecule has 0 aromatic carbocycles. The van der Waals surface area contributed by atoms with E-state index in [-0.39, 0.29) is 23.7 Å². The number of nitrogens with two attached hydrogens (primary N) is 1. The lowest BCUT2D eigenvalue weighted by Crippen LogP contribution is -2.07. The normalized spacial score (nSPS) is 12.2. The first-order valence-electron chi connectivity index (χ1n) is 7.08. The van der Waals surface area contributed by atoms with Gasteiger partial charge >= 0.3 is 0 Å². The molecule has 0 aliphatic carbocycles. The van der Waals surface area contributed by atoms with Crippen molar-refractivity contribution in [3.8, 4) is 0 Å². The van der Waals surface area contributed by atoms with Gasteiger partial charge in [0.05, 0.1) is 23.0 Å². The van der Waals surface area contributed by atoms with E-state index in [2.05, 4.69) is 22.2 Å². The van der Waals surface area contributed by atoms with Crippen molar-refractivity contribution in [2.45, 2.75) is 32.9 Å². The molecule has 0 aliphatic heterocycles. The van der Waals surface area contributed by atoms with E-state index in [0.29, 0.717) is 12.4 Å². The van der Waals surface area contributed by atoms with Gasteiger partial charge in [0.2, 0.25) is 5.28 Å². The molecular formula is C15H18Cl2N4OS. The molecular weight excluding hydrogens is 355 g/mol. The van der Waals surface area contributed by atoms with Crippen LogP contribution in [0.5, 0.6) is 0 Å². The minimum atomic E-state index is 0. The SMILES string of the molecule is CC[C@H](N)c1sc2c(NCc3ccco3)nc(Cl)nc2c1C.Cl. The van der Waals surface area contributed by atoms with Gasteiger partial charge in [-0.25, -0.2) is 4.98 Å². The quantitative estimate of drug-likeness (QED) is 0.635. The lowest BCUT2D eigenvalue weighted by Gasteiger charge is -2.06. The highest BCUT2D eigenvalue weighted by atomic mass is 35.5. The van der Waals surface area contributed by atoms with Crippen LogP contribution in [0.1, 0.15) is 35.6 Å². The number of halogens is 2. The van der Waals surface area contributed by atoms with E-state index in [1.807, 2.05) is 19.1 Å². The Labute approximate surface area is 149 Å². The summed E-state index contributed by atoms with van der Waals surface area (Å²) in [6, 6.07) is 3.77. The summed E-state index contributed by atoms with van der Waals surface area (Å²) in [5.74, 6) is 1.55. The molecule has 3 rings (SSSR count). The van der Waals surface area contributed by atoms with Crippen LogP contribution in [0.2, 0.25) is 5.28 Å². The van der Waals surface area contributed by atoms with Crippen LogP contribution in [0.15, 0.2) is 22.8 Å². The molecule has 3 aromatic heterocycles. The van der Waals surface area contributed by atoms with Crippen LogP contribution in [-0.4, -0.2) is 9.97 Å². The second kappa shape index (κ2) is 7.49. The Morgan fingerprint density at radius 3 is 2.87 bits per heavy atom. The molecule has 0 fully saturated rings. The fourth-order valence-corrected chi connectivity index (χ4v) is 3.79. The van der Waals surface area contributed by atoms with Crippen molar-refractivity contribution in [3.05, 3.63) is 39.9 Å². The number of hydrogen-bond acceptors (Lipinski definition) is 6. The van der Waals surface area contributed by atoms with Crippen LogP contribution in [-0.2, 0) is 6.54 Å². The van der Waals surface area contributed by atoms with E-state index in [9.17, 15) is 0 Å². The number of hydrogen-bond donors (Lipinski definition) is 2. The van der Waals surface area contributed by atoms with Gasteiger partial charge in [-0.15, -0.1) is 23.7 Å². The molecule has 0 unspecified atom stereocenters. The zero-order chi connectivity index (χ0) is 15.7. The summed E-state index contributed by atoms with van der Waals surface area (Å²) < 4.78 is 6.31. The van der Waals surface area contributed by atoms with Crippen molar-refractivity contribution in [2.24, 2.45) is 5.73 Å². The number of aryl methyl sites for hydroxylation is 1. The van der Waals surface area contributed by atoms with Gasteiger partial charge in [-0.05, 0) is 42.6 Å². The highest BCUT2D eigenvalue weighted by Gasteiger charge is 2.18. The van der Waals surface area contributed by atoms with E-state index in [1.165, 1.54) is 0 Å². The average Bonchev–Trinajstić information content (AvgIpc) is 3.13. The highest BCUT2D eigenvalue weighted by molar-refractivity contribution is 7.19. The van der Waals surface area contributed by atoms with E-state index < -0.39 is 0 Å². The average molecular weight is 373 g/mol. The molecule has 1 atom stereocenters. The Balaban J connectivity index is 0.00000192. The molecule has 0 bridgehead atoms. The molecule has 23 heavy (non-hydrogen) atoms. The largest absolute Gasteiger partial charge is 0.467 e. The molecule has 0 saturated heterocycles. The summed E-state index contributed by atoms with van der Waals surface area (Å²) in [5, 5.41) is 3.50. The van der Waals surface area contributed by atoms with Crippen LogP contribution < -0.4 is 11.1 Å². The van der Waals surface area contributed by atoms with E-state index in [0.717, 1.165) is 32.8 Å². The van der Waals surface area contributed by atoms with E-state index >= 15 is 0 Å². The minimum absolute atomic E-state index is 0. The summed E-state index contributed by atoms with van der Waals surface area (Å²) in [6.45, 7) is 4.65. The number of thiophene rings is 1. The zero-order valence-electron chi connectivity index (χ0n) is 12.8. The Morgan fingerprint density at radius 2 is 2.22 bits per heavy atom. The molecule has 8 heteroatoms. The number of anilines is 1. The maximum absolute atomic E-state index is 6.19. The highest BCUT2D eigenvalue weighted by Crippen LogP contribution is 2.38. The summed E-state index contributed by atoms with van der Waals surface area (Å²) >= 11 is 7.69. The van der Waals surface area contributed by atoms with Crippen LogP contribution >= 0.6 is 35.3 Å². The van der Waals surface area contributed by atoms with Crippen molar-refractivity contribution in [3.63, 3.8) is 0 Å². The summed E-state index contributed by atoms with van der Waals surface area (Å²) in [6.07, 6.45) is 2.53. The minimum Gasteiger partial charge on any atom is -0.467 e. The number of furan rings is 1. The first kappa shape index (κ1) is 18.0. The predicted molar refractivity (Wildman–Crippen MR) is 97.7 cm³/mol. The lowest BCUT2D eigenvalue weighted by molar-refractivity contribution is 0.518. The number of fused-ring (bicyclic) bond motifs is 1. The second-order valence-corrected chi connectivity index (χ2v) is 6.45. The molecule has 124 valence electrons. The van der Waals surface area contributed by atoms with Gasteiger partial charge in [0.1, 0.15) is 11.6 Å². The van der Waals surface area contributed by atoms with E-state index in [4.69, 9.17) is 21.8 Å². The molecule has 0 radical (unpaired) electrons. The Bertz CT molecular complexity index is 788. The maximum Gasteiger partial charge on any atom is 0.224 e. The zero-order valence-corrected chi connectivity index (χ0v) is 15.2. The monoisotopic (exact) mass is 372 g/mol.